The molecular weight excluding hydrogens is 424 g/mol. The molecule has 7 nitrogen and oxygen atoms in total. The number of pyridine rings is 1. The minimum absolute atomic E-state index is 0.00851. The molecule has 4 aromatic rings. The van der Waals surface area contributed by atoms with Gasteiger partial charge < -0.3 is 14.5 Å². The second-order valence-corrected chi connectivity index (χ2v) is 8.11. The molecule has 8 heteroatoms. The summed E-state index contributed by atoms with van der Waals surface area (Å²) >= 11 is 1.64. The van der Waals surface area contributed by atoms with Gasteiger partial charge in [-0.25, -0.2) is 9.97 Å². The summed E-state index contributed by atoms with van der Waals surface area (Å²) in [6, 6.07) is 11.5. The van der Waals surface area contributed by atoms with E-state index in [0.717, 1.165) is 40.4 Å². The van der Waals surface area contributed by atoms with Crippen molar-refractivity contribution in [2.45, 2.75) is 25.7 Å². The van der Waals surface area contributed by atoms with Crippen molar-refractivity contribution in [1.82, 2.24) is 20.3 Å². The highest BCUT2D eigenvalue weighted by Gasteiger charge is 2.10. The zero-order valence-corrected chi connectivity index (χ0v) is 18.6. The van der Waals surface area contributed by atoms with Crippen LogP contribution in [0.25, 0.3) is 22.6 Å². The van der Waals surface area contributed by atoms with Gasteiger partial charge in [-0.1, -0.05) is 0 Å². The number of nitrogens with zero attached hydrogens (tertiary/aromatic N) is 3. The molecule has 3 aromatic heterocycles. The fraction of sp³-hybridized carbons (Fsp3) is 0.250. The van der Waals surface area contributed by atoms with Crippen molar-refractivity contribution >= 4 is 17.2 Å². The number of methoxy groups -OCH3 is 1. The van der Waals surface area contributed by atoms with E-state index < -0.39 is 0 Å². The third kappa shape index (κ3) is 5.79. The first-order chi connectivity index (χ1) is 15.7. The monoisotopic (exact) mass is 448 g/mol. The van der Waals surface area contributed by atoms with Gasteiger partial charge in [-0.15, -0.1) is 11.3 Å². The number of hydrogen-bond donors (Lipinski definition) is 1. The average Bonchev–Trinajstić information content (AvgIpc) is 3.51. The number of oxazole rings is 1. The maximum absolute atomic E-state index is 12.2. The lowest BCUT2D eigenvalue weighted by atomic mass is 10.2. The summed E-state index contributed by atoms with van der Waals surface area (Å²) in [4.78, 5) is 25.1. The van der Waals surface area contributed by atoms with Crippen LogP contribution >= 0.6 is 11.3 Å². The molecule has 0 bridgehead atoms. The fourth-order valence-corrected chi connectivity index (χ4v) is 4.02. The van der Waals surface area contributed by atoms with Gasteiger partial charge in [0.15, 0.2) is 11.7 Å². The van der Waals surface area contributed by atoms with Gasteiger partial charge in [-0.3, -0.25) is 9.78 Å². The quantitative estimate of drug-likeness (QED) is 0.358. The summed E-state index contributed by atoms with van der Waals surface area (Å²) in [6.07, 6.45) is 7.69. The highest BCUT2D eigenvalue weighted by molar-refractivity contribution is 7.09. The van der Waals surface area contributed by atoms with E-state index in [-0.39, 0.29) is 5.91 Å². The molecule has 1 N–H and O–H groups in total. The number of amides is 1. The Morgan fingerprint density at radius 3 is 2.69 bits per heavy atom. The predicted molar refractivity (Wildman–Crippen MR) is 123 cm³/mol. The molecular formula is C24H24N4O3S. The van der Waals surface area contributed by atoms with Gasteiger partial charge in [0.2, 0.25) is 5.91 Å². The van der Waals surface area contributed by atoms with Gasteiger partial charge in [-0.2, -0.15) is 0 Å². The van der Waals surface area contributed by atoms with Gasteiger partial charge in [0, 0.05) is 54.7 Å². The second kappa shape index (κ2) is 10.7. The molecule has 0 saturated carbocycles. The van der Waals surface area contributed by atoms with Crippen molar-refractivity contribution in [1.29, 1.82) is 0 Å². The highest BCUT2D eigenvalue weighted by atomic mass is 32.1. The van der Waals surface area contributed by atoms with Crippen LogP contribution in [0.15, 0.2) is 64.8 Å². The summed E-state index contributed by atoms with van der Waals surface area (Å²) in [7, 11) is 1.63. The molecule has 0 unspecified atom stereocenters. The zero-order valence-electron chi connectivity index (χ0n) is 17.8. The molecule has 0 aliphatic carbocycles. The molecule has 164 valence electrons. The van der Waals surface area contributed by atoms with Gasteiger partial charge in [0.1, 0.15) is 5.75 Å². The maximum Gasteiger partial charge on any atom is 0.220 e. The molecule has 0 aliphatic rings. The number of ether oxygens (including phenoxy) is 1. The lowest BCUT2D eigenvalue weighted by Crippen LogP contribution is -2.25. The van der Waals surface area contributed by atoms with E-state index in [1.807, 2.05) is 36.4 Å². The lowest BCUT2D eigenvalue weighted by Gasteiger charge is -2.03. The number of hydrogen-bond acceptors (Lipinski definition) is 7. The van der Waals surface area contributed by atoms with E-state index in [1.165, 1.54) is 0 Å². The van der Waals surface area contributed by atoms with E-state index in [4.69, 9.17) is 9.15 Å². The number of rotatable bonds is 10. The van der Waals surface area contributed by atoms with Crippen molar-refractivity contribution in [2.24, 2.45) is 0 Å². The average molecular weight is 449 g/mol. The molecule has 0 fully saturated rings. The molecule has 0 spiro atoms. The lowest BCUT2D eigenvalue weighted by molar-refractivity contribution is -0.121. The summed E-state index contributed by atoms with van der Waals surface area (Å²) in [5.41, 5.74) is 2.96. The number of benzene rings is 1. The van der Waals surface area contributed by atoms with Gasteiger partial charge in [0.05, 0.1) is 24.0 Å². The first-order valence-electron chi connectivity index (χ1n) is 10.4. The highest BCUT2D eigenvalue weighted by Crippen LogP contribution is 2.24. The Labute approximate surface area is 190 Å². The standard InChI is InChI=1S/C24H24N4O3S/c1-30-19-6-4-18(5-7-19)21-15-27-23(31-21)9-8-22(29)26-12-2-3-24-28-20(16-32-24)17-10-13-25-14-11-17/h4-7,10-11,13-16H,2-3,8-9,12H2,1H3,(H,26,29). The third-order valence-corrected chi connectivity index (χ3v) is 5.82. The van der Waals surface area contributed by atoms with Crippen molar-refractivity contribution in [2.75, 3.05) is 13.7 Å². The number of nitrogens with one attached hydrogen (secondary N) is 1. The first-order valence-corrected chi connectivity index (χ1v) is 11.3. The minimum atomic E-state index is -0.00851. The van der Waals surface area contributed by atoms with Gasteiger partial charge in [-0.05, 0) is 42.8 Å². The minimum Gasteiger partial charge on any atom is -0.497 e. The van der Waals surface area contributed by atoms with Crippen molar-refractivity contribution in [3.63, 3.8) is 0 Å². The van der Waals surface area contributed by atoms with Crippen molar-refractivity contribution < 1.29 is 13.9 Å². The Balaban J connectivity index is 1.17. The Morgan fingerprint density at radius 2 is 1.91 bits per heavy atom. The maximum atomic E-state index is 12.2. The molecule has 0 radical (unpaired) electrons. The van der Waals surface area contributed by atoms with Gasteiger partial charge >= 0.3 is 0 Å². The Morgan fingerprint density at radius 1 is 1.09 bits per heavy atom. The molecule has 32 heavy (non-hydrogen) atoms. The Kier molecular flexibility index (Phi) is 7.24. The summed E-state index contributed by atoms with van der Waals surface area (Å²) in [5.74, 6) is 2.01. The van der Waals surface area contributed by atoms with E-state index in [0.29, 0.717) is 31.0 Å². The number of carbonyl (C=O) groups excluding carboxylic acids is 1. The van der Waals surface area contributed by atoms with Crippen LogP contribution in [0.5, 0.6) is 5.75 Å². The number of aromatic nitrogens is 3. The summed E-state index contributed by atoms with van der Waals surface area (Å²) in [5, 5.41) is 6.08. The van der Waals surface area contributed by atoms with E-state index >= 15 is 0 Å². The van der Waals surface area contributed by atoms with Crippen LogP contribution in [0.3, 0.4) is 0 Å². The second-order valence-electron chi connectivity index (χ2n) is 7.16. The molecule has 0 atom stereocenters. The number of thiazole rings is 1. The summed E-state index contributed by atoms with van der Waals surface area (Å²) in [6.45, 7) is 0.617. The van der Waals surface area contributed by atoms with Crippen LogP contribution in [0.1, 0.15) is 23.7 Å². The first kappa shape index (κ1) is 21.7. The number of carbonyl (C=O) groups is 1. The summed E-state index contributed by atoms with van der Waals surface area (Å²) < 4.78 is 10.9. The van der Waals surface area contributed by atoms with Crippen LogP contribution in [0, 0.1) is 0 Å². The van der Waals surface area contributed by atoms with E-state index in [1.54, 1.807) is 37.0 Å². The zero-order chi connectivity index (χ0) is 22.2. The van der Waals surface area contributed by atoms with Crippen LogP contribution in [-0.2, 0) is 17.6 Å². The largest absolute Gasteiger partial charge is 0.497 e. The Hall–Kier alpha value is -3.52. The van der Waals surface area contributed by atoms with E-state index in [2.05, 4.69) is 25.6 Å². The SMILES string of the molecule is COc1ccc(-c2cnc(CCC(=O)NCCCc3nc(-c4ccncc4)cs3)o2)cc1. The Bertz CT molecular complexity index is 1140. The fourth-order valence-electron chi connectivity index (χ4n) is 3.17. The topological polar surface area (TPSA) is 90.1 Å². The molecule has 3 heterocycles. The van der Waals surface area contributed by atoms with Crippen molar-refractivity contribution in [3.05, 3.63) is 71.3 Å². The van der Waals surface area contributed by atoms with Crippen LogP contribution in [0.4, 0.5) is 0 Å². The van der Waals surface area contributed by atoms with Crippen molar-refractivity contribution in [3.8, 4) is 28.3 Å². The third-order valence-electron chi connectivity index (χ3n) is 4.91. The molecule has 0 aliphatic heterocycles. The smallest absolute Gasteiger partial charge is 0.220 e. The van der Waals surface area contributed by atoms with E-state index in [9.17, 15) is 4.79 Å². The molecule has 4 rings (SSSR count). The predicted octanol–water partition coefficient (Wildman–Crippen LogP) is 4.55. The molecule has 1 aromatic carbocycles. The number of aryl methyl sites for hydroxylation is 2. The van der Waals surface area contributed by atoms with Crippen LogP contribution < -0.4 is 10.1 Å². The molecule has 1 amide bonds. The normalized spacial score (nSPS) is 10.8. The van der Waals surface area contributed by atoms with Gasteiger partial charge in [0.25, 0.3) is 0 Å². The van der Waals surface area contributed by atoms with Crippen LogP contribution in [-0.4, -0.2) is 34.5 Å². The van der Waals surface area contributed by atoms with Crippen LogP contribution in [0.2, 0.25) is 0 Å². The molecule has 0 saturated heterocycles.